The fourth-order valence-electron chi connectivity index (χ4n) is 3.33. The first-order chi connectivity index (χ1) is 14.1. The number of rotatable bonds is 9. The van der Waals surface area contributed by atoms with Crippen LogP contribution in [-0.2, 0) is 4.79 Å². The predicted molar refractivity (Wildman–Crippen MR) is 115 cm³/mol. The van der Waals surface area contributed by atoms with Crippen LogP contribution in [0.3, 0.4) is 0 Å². The maximum atomic E-state index is 12.0. The molecule has 6 heteroatoms. The van der Waals surface area contributed by atoms with Crippen LogP contribution in [-0.4, -0.2) is 75.7 Å². The molecular weight excluding hydrogens is 366 g/mol. The number of nitrogens with one attached hydrogen (secondary N) is 1. The maximum Gasteiger partial charge on any atom is 0.257 e. The number of benzene rings is 2. The van der Waals surface area contributed by atoms with Gasteiger partial charge < -0.3 is 24.6 Å². The molecule has 6 nitrogen and oxygen atoms in total. The maximum absolute atomic E-state index is 12.0. The van der Waals surface area contributed by atoms with Crippen LogP contribution >= 0.6 is 0 Å². The van der Waals surface area contributed by atoms with Crippen LogP contribution in [0.2, 0.25) is 0 Å². The number of methoxy groups -OCH3 is 1. The van der Waals surface area contributed by atoms with Crippen molar-refractivity contribution in [1.82, 2.24) is 15.1 Å². The van der Waals surface area contributed by atoms with Gasteiger partial charge in [-0.3, -0.25) is 4.79 Å². The Morgan fingerprint density at radius 1 is 0.931 bits per heavy atom. The van der Waals surface area contributed by atoms with Gasteiger partial charge in [0.15, 0.2) is 6.61 Å². The van der Waals surface area contributed by atoms with Crippen molar-refractivity contribution in [3.63, 3.8) is 0 Å². The second kappa shape index (κ2) is 10.8. The minimum Gasteiger partial charge on any atom is -0.497 e. The first-order valence-electron chi connectivity index (χ1n) is 10.2. The highest BCUT2D eigenvalue weighted by atomic mass is 16.5. The van der Waals surface area contributed by atoms with Gasteiger partial charge in [0.1, 0.15) is 11.5 Å². The lowest BCUT2D eigenvalue weighted by molar-refractivity contribution is -0.123. The van der Waals surface area contributed by atoms with Gasteiger partial charge in [-0.15, -0.1) is 0 Å². The lowest BCUT2D eigenvalue weighted by Crippen LogP contribution is -2.45. The molecule has 0 aliphatic carbocycles. The first kappa shape index (κ1) is 21.1. The minimum absolute atomic E-state index is 0.0381. The average molecular weight is 398 g/mol. The van der Waals surface area contributed by atoms with Gasteiger partial charge in [0.2, 0.25) is 0 Å². The van der Waals surface area contributed by atoms with Crippen molar-refractivity contribution in [1.29, 1.82) is 0 Å². The summed E-state index contributed by atoms with van der Waals surface area (Å²) in [5, 5.41) is 2.94. The molecule has 29 heavy (non-hydrogen) atoms. The van der Waals surface area contributed by atoms with E-state index in [1.54, 1.807) is 7.11 Å². The van der Waals surface area contributed by atoms with Gasteiger partial charge in [0, 0.05) is 32.7 Å². The molecule has 1 fully saturated rings. The molecule has 1 aliphatic heterocycles. The van der Waals surface area contributed by atoms with E-state index in [4.69, 9.17) is 9.47 Å². The summed E-state index contributed by atoms with van der Waals surface area (Å²) in [4.78, 5) is 16.8. The van der Waals surface area contributed by atoms with E-state index < -0.39 is 0 Å². The predicted octanol–water partition coefficient (Wildman–Crippen LogP) is 2.49. The van der Waals surface area contributed by atoms with Crippen molar-refractivity contribution >= 4 is 5.91 Å². The number of hydrogen-bond donors (Lipinski definition) is 1. The monoisotopic (exact) mass is 397 g/mol. The number of carbonyl (C=O) groups is 1. The van der Waals surface area contributed by atoms with Crippen LogP contribution in [0.4, 0.5) is 0 Å². The molecule has 0 aromatic heterocycles. The van der Waals surface area contributed by atoms with Gasteiger partial charge in [-0.1, -0.05) is 24.3 Å². The van der Waals surface area contributed by atoms with Crippen LogP contribution in [0, 0.1) is 0 Å². The molecule has 0 unspecified atom stereocenters. The lowest BCUT2D eigenvalue weighted by atomic mass is 10.1. The fourth-order valence-corrected chi connectivity index (χ4v) is 3.33. The minimum atomic E-state index is -0.0809. The summed E-state index contributed by atoms with van der Waals surface area (Å²) in [7, 11) is 3.81. The van der Waals surface area contributed by atoms with Crippen molar-refractivity contribution < 1.29 is 14.3 Å². The smallest absolute Gasteiger partial charge is 0.257 e. The molecule has 1 aliphatic rings. The van der Waals surface area contributed by atoms with Gasteiger partial charge in [0.05, 0.1) is 7.11 Å². The van der Waals surface area contributed by atoms with Gasteiger partial charge in [-0.05, 0) is 55.4 Å². The molecule has 1 heterocycles. The molecule has 2 aromatic rings. The summed E-state index contributed by atoms with van der Waals surface area (Å²) >= 11 is 0. The second-order valence-corrected chi connectivity index (χ2v) is 7.39. The van der Waals surface area contributed by atoms with Crippen molar-refractivity contribution in [2.75, 3.05) is 60.0 Å². The van der Waals surface area contributed by atoms with Gasteiger partial charge in [-0.25, -0.2) is 0 Å². The molecule has 1 amide bonds. The molecule has 1 N–H and O–H groups in total. The molecule has 0 bridgehead atoms. The summed E-state index contributed by atoms with van der Waals surface area (Å²) in [5.41, 5.74) is 2.20. The quantitative estimate of drug-likeness (QED) is 0.659. The lowest BCUT2D eigenvalue weighted by Gasteiger charge is -2.32. The van der Waals surface area contributed by atoms with Gasteiger partial charge in [-0.2, -0.15) is 0 Å². The molecular formula is C23H31N3O3. The molecule has 1 saturated heterocycles. The second-order valence-electron chi connectivity index (χ2n) is 7.39. The Labute approximate surface area is 173 Å². The summed E-state index contributed by atoms with van der Waals surface area (Å²) in [6.07, 6.45) is 0.964. The summed E-state index contributed by atoms with van der Waals surface area (Å²) in [5.74, 6) is 1.45. The van der Waals surface area contributed by atoms with E-state index in [1.165, 1.54) is 0 Å². The number of nitrogens with zero attached hydrogens (tertiary/aromatic N) is 2. The van der Waals surface area contributed by atoms with Crippen molar-refractivity contribution in [2.24, 2.45) is 0 Å². The highest BCUT2D eigenvalue weighted by molar-refractivity contribution is 5.77. The number of carbonyl (C=O) groups excluding carboxylic acids is 1. The molecule has 0 radical (unpaired) electrons. The van der Waals surface area contributed by atoms with E-state index in [2.05, 4.69) is 22.2 Å². The van der Waals surface area contributed by atoms with Gasteiger partial charge >= 0.3 is 0 Å². The standard InChI is InChI=1S/C23H31N3O3/c1-25-14-16-26(17-15-25)13-3-12-24-23(27)18-29-22-10-6-20(7-11-22)19-4-8-21(28-2)9-5-19/h4-11H,3,12-18H2,1-2H3,(H,24,27). The third kappa shape index (κ3) is 6.76. The zero-order valence-electron chi connectivity index (χ0n) is 17.4. The first-order valence-corrected chi connectivity index (χ1v) is 10.2. The zero-order valence-corrected chi connectivity index (χ0v) is 17.4. The highest BCUT2D eigenvalue weighted by Crippen LogP contribution is 2.24. The number of piperazine rings is 1. The van der Waals surface area contributed by atoms with E-state index in [0.717, 1.165) is 56.0 Å². The van der Waals surface area contributed by atoms with Crippen molar-refractivity contribution in [3.8, 4) is 22.6 Å². The largest absolute Gasteiger partial charge is 0.497 e. The molecule has 2 aromatic carbocycles. The van der Waals surface area contributed by atoms with E-state index in [-0.39, 0.29) is 12.5 Å². The SMILES string of the molecule is COc1ccc(-c2ccc(OCC(=O)NCCCN3CCN(C)CC3)cc2)cc1. The van der Waals surface area contributed by atoms with E-state index in [1.807, 2.05) is 48.5 Å². The number of likely N-dealkylation sites (N-methyl/N-ethyl adjacent to an activating group) is 1. The van der Waals surface area contributed by atoms with E-state index in [0.29, 0.717) is 12.3 Å². The van der Waals surface area contributed by atoms with Gasteiger partial charge in [0.25, 0.3) is 5.91 Å². The van der Waals surface area contributed by atoms with Crippen molar-refractivity contribution in [3.05, 3.63) is 48.5 Å². The van der Waals surface area contributed by atoms with Crippen LogP contribution in [0.1, 0.15) is 6.42 Å². The Bertz CT molecular complexity index is 754. The Morgan fingerprint density at radius 2 is 1.52 bits per heavy atom. The van der Waals surface area contributed by atoms with E-state index in [9.17, 15) is 4.79 Å². The number of amides is 1. The Balaban J connectivity index is 1.34. The number of ether oxygens (including phenoxy) is 2. The normalized spacial score (nSPS) is 15.1. The highest BCUT2D eigenvalue weighted by Gasteiger charge is 2.13. The molecule has 0 atom stereocenters. The number of hydrogen-bond acceptors (Lipinski definition) is 5. The average Bonchev–Trinajstić information content (AvgIpc) is 2.77. The fraction of sp³-hybridized carbons (Fsp3) is 0.435. The van der Waals surface area contributed by atoms with Crippen LogP contribution in [0.5, 0.6) is 11.5 Å². The molecule has 156 valence electrons. The Kier molecular flexibility index (Phi) is 7.90. The third-order valence-corrected chi connectivity index (χ3v) is 5.22. The van der Waals surface area contributed by atoms with E-state index >= 15 is 0 Å². The third-order valence-electron chi connectivity index (χ3n) is 5.22. The molecule has 3 rings (SSSR count). The van der Waals surface area contributed by atoms with Crippen LogP contribution in [0.15, 0.2) is 48.5 Å². The Morgan fingerprint density at radius 3 is 2.10 bits per heavy atom. The molecule has 0 spiro atoms. The Hall–Kier alpha value is -2.57. The summed E-state index contributed by atoms with van der Waals surface area (Å²) < 4.78 is 10.8. The zero-order chi connectivity index (χ0) is 20.5. The summed E-state index contributed by atoms with van der Waals surface area (Å²) in [6, 6.07) is 15.7. The topological polar surface area (TPSA) is 54.0 Å². The summed E-state index contributed by atoms with van der Waals surface area (Å²) in [6.45, 7) is 6.22. The molecule has 0 saturated carbocycles. The van der Waals surface area contributed by atoms with Crippen LogP contribution in [0.25, 0.3) is 11.1 Å². The van der Waals surface area contributed by atoms with Crippen LogP contribution < -0.4 is 14.8 Å². The van der Waals surface area contributed by atoms with Crippen molar-refractivity contribution in [2.45, 2.75) is 6.42 Å².